The molecule has 2 aromatic carbocycles. The lowest BCUT2D eigenvalue weighted by molar-refractivity contribution is 0.409. The number of halogens is 1. The molecule has 0 unspecified atom stereocenters. The van der Waals surface area contributed by atoms with Crippen LogP contribution in [0.2, 0.25) is 0 Å². The van der Waals surface area contributed by atoms with Gasteiger partial charge in [-0.25, -0.2) is 0 Å². The molecule has 0 heterocycles. The standard InChI is InChI=1S/C16H18BrNO/c1-3-18(15-7-5-4-6-8-15)12-13-11-14(17)9-10-16(13)19-2/h4-11H,3,12H2,1-2H3. The second-order valence-corrected chi connectivity index (χ2v) is 5.22. The zero-order valence-corrected chi connectivity index (χ0v) is 12.9. The number of methoxy groups -OCH3 is 1. The number of nitrogens with zero attached hydrogens (tertiary/aromatic N) is 1. The zero-order valence-electron chi connectivity index (χ0n) is 11.3. The van der Waals surface area contributed by atoms with Gasteiger partial charge in [0.05, 0.1) is 7.11 Å². The van der Waals surface area contributed by atoms with Crippen molar-refractivity contribution in [3.63, 3.8) is 0 Å². The van der Waals surface area contributed by atoms with E-state index in [-0.39, 0.29) is 0 Å². The average Bonchev–Trinajstić information content (AvgIpc) is 2.46. The molecule has 0 fully saturated rings. The first kappa shape index (κ1) is 13.9. The lowest BCUT2D eigenvalue weighted by atomic mass is 10.1. The van der Waals surface area contributed by atoms with Gasteiger partial charge in [0.25, 0.3) is 0 Å². The van der Waals surface area contributed by atoms with E-state index >= 15 is 0 Å². The molecule has 2 rings (SSSR count). The molecule has 0 spiro atoms. The zero-order chi connectivity index (χ0) is 13.7. The van der Waals surface area contributed by atoms with Crippen molar-refractivity contribution in [2.45, 2.75) is 13.5 Å². The Labute approximate surface area is 123 Å². The van der Waals surface area contributed by atoms with Crippen molar-refractivity contribution in [1.29, 1.82) is 0 Å². The molecule has 2 nitrogen and oxygen atoms in total. The molecule has 0 amide bonds. The van der Waals surface area contributed by atoms with Crippen LogP contribution in [0.1, 0.15) is 12.5 Å². The van der Waals surface area contributed by atoms with Crippen LogP contribution in [0.4, 0.5) is 5.69 Å². The lowest BCUT2D eigenvalue weighted by Crippen LogP contribution is -2.22. The van der Waals surface area contributed by atoms with E-state index in [2.05, 4.69) is 58.1 Å². The van der Waals surface area contributed by atoms with Crippen molar-refractivity contribution in [3.05, 3.63) is 58.6 Å². The fourth-order valence-corrected chi connectivity index (χ4v) is 2.51. The fourth-order valence-electron chi connectivity index (χ4n) is 2.10. The minimum Gasteiger partial charge on any atom is -0.496 e. The van der Waals surface area contributed by atoms with Gasteiger partial charge in [-0.3, -0.25) is 0 Å². The van der Waals surface area contributed by atoms with Gasteiger partial charge in [0.2, 0.25) is 0 Å². The Balaban J connectivity index is 2.26. The molecular weight excluding hydrogens is 302 g/mol. The van der Waals surface area contributed by atoms with E-state index in [9.17, 15) is 0 Å². The molecule has 0 N–H and O–H groups in total. The smallest absolute Gasteiger partial charge is 0.123 e. The van der Waals surface area contributed by atoms with Crippen LogP contribution < -0.4 is 9.64 Å². The van der Waals surface area contributed by atoms with Crippen LogP contribution >= 0.6 is 15.9 Å². The van der Waals surface area contributed by atoms with Crippen molar-refractivity contribution < 1.29 is 4.74 Å². The highest BCUT2D eigenvalue weighted by Gasteiger charge is 2.09. The first-order valence-corrected chi connectivity index (χ1v) is 7.16. The highest BCUT2D eigenvalue weighted by Crippen LogP contribution is 2.26. The summed E-state index contributed by atoms with van der Waals surface area (Å²) in [5.41, 5.74) is 2.41. The maximum Gasteiger partial charge on any atom is 0.123 e. The van der Waals surface area contributed by atoms with E-state index in [1.54, 1.807) is 7.11 Å². The van der Waals surface area contributed by atoms with Gasteiger partial charge in [0.1, 0.15) is 5.75 Å². The minimum atomic E-state index is 0.836. The van der Waals surface area contributed by atoms with Crippen molar-refractivity contribution in [1.82, 2.24) is 0 Å². The Hall–Kier alpha value is -1.48. The monoisotopic (exact) mass is 319 g/mol. The topological polar surface area (TPSA) is 12.5 Å². The predicted molar refractivity (Wildman–Crippen MR) is 83.9 cm³/mol. The van der Waals surface area contributed by atoms with Crippen LogP contribution in [0.15, 0.2) is 53.0 Å². The first-order chi connectivity index (χ1) is 9.24. The second-order valence-electron chi connectivity index (χ2n) is 4.31. The summed E-state index contributed by atoms with van der Waals surface area (Å²) in [6.45, 7) is 3.96. The van der Waals surface area contributed by atoms with Crippen molar-refractivity contribution in [3.8, 4) is 5.75 Å². The highest BCUT2D eigenvalue weighted by atomic mass is 79.9. The number of hydrogen-bond donors (Lipinski definition) is 0. The van der Waals surface area contributed by atoms with Crippen molar-refractivity contribution in [2.24, 2.45) is 0 Å². The average molecular weight is 320 g/mol. The third-order valence-corrected chi connectivity index (χ3v) is 3.60. The van der Waals surface area contributed by atoms with Gasteiger partial charge in [0.15, 0.2) is 0 Å². The number of benzene rings is 2. The Morgan fingerprint density at radius 1 is 1.11 bits per heavy atom. The summed E-state index contributed by atoms with van der Waals surface area (Å²) in [6.07, 6.45) is 0. The van der Waals surface area contributed by atoms with Crippen molar-refractivity contribution >= 4 is 21.6 Å². The van der Waals surface area contributed by atoms with Crippen LogP contribution in [0.3, 0.4) is 0 Å². The largest absolute Gasteiger partial charge is 0.496 e. The maximum atomic E-state index is 5.43. The Morgan fingerprint density at radius 2 is 1.84 bits per heavy atom. The second kappa shape index (κ2) is 6.62. The summed E-state index contributed by atoms with van der Waals surface area (Å²) in [6, 6.07) is 16.6. The number of rotatable bonds is 5. The summed E-state index contributed by atoms with van der Waals surface area (Å²) >= 11 is 3.52. The van der Waals surface area contributed by atoms with Crippen LogP contribution in [-0.2, 0) is 6.54 Å². The van der Waals surface area contributed by atoms with E-state index in [0.717, 1.165) is 23.3 Å². The molecule has 0 saturated heterocycles. The summed E-state index contributed by atoms with van der Waals surface area (Å²) in [5, 5.41) is 0. The molecule has 0 aliphatic heterocycles. The van der Waals surface area contributed by atoms with Crippen LogP contribution in [-0.4, -0.2) is 13.7 Å². The van der Waals surface area contributed by atoms with Crippen LogP contribution in [0.25, 0.3) is 0 Å². The molecule has 0 aliphatic rings. The maximum absolute atomic E-state index is 5.43. The first-order valence-electron chi connectivity index (χ1n) is 6.37. The normalized spacial score (nSPS) is 10.3. The molecule has 3 heteroatoms. The van der Waals surface area contributed by atoms with Gasteiger partial charge in [-0.05, 0) is 37.3 Å². The Bertz CT molecular complexity index is 528. The van der Waals surface area contributed by atoms with Gasteiger partial charge in [-0.1, -0.05) is 34.1 Å². The number of ether oxygens (including phenoxy) is 1. The molecule has 100 valence electrons. The molecule has 19 heavy (non-hydrogen) atoms. The van der Waals surface area contributed by atoms with E-state index in [0.29, 0.717) is 0 Å². The minimum absolute atomic E-state index is 0.836. The highest BCUT2D eigenvalue weighted by molar-refractivity contribution is 9.10. The summed E-state index contributed by atoms with van der Waals surface area (Å²) in [5.74, 6) is 0.928. The van der Waals surface area contributed by atoms with E-state index in [1.807, 2.05) is 18.2 Å². The molecule has 0 aromatic heterocycles. The van der Waals surface area contributed by atoms with E-state index in [1.165, 1.54) is 11.3 Å². The van der Waals surface area contributed by atoms with Crippen molar-refractivity contribution in [2.75, 3.05) is 18.6 Å². The molecule has 0 radical (unpaired) electrons. The number of anilines is 1. The quantitative estimate of drug-likeness (QED) is 0.805. The van der Waals surface area contributed by atoms with Gasteiger partial charge in [-0.2, -0.15) is 0 Å². The summed E-state index contributed by atoms with van der Waals surface area (Å²) < 4.78 is 6.51. The molecule has 0 bridgehead atoms. The van der Waals surface area contributed by atoms with E-state index < -0.39 is 0 Å². The summed E-state index contributed by atoms with van der Waals surface area (Å²) in [4.78, 5) is 2.32. The molecule has 2 aromatic rings. The third-order valence-electron chi connectivity index (χ3n) is 3.11. The third kappa shape index (κ3) is 3.51. The van der Waals surface area contributed by atoms with Crippen LogP contribution in [0.5, 0.6) is 5.75 Å². The number of para-hydroxylation sites is 1. The Morgan fingerprint density at radius 3 is 2.47 bits per heavy atom. The fraction of sp³-hybridized carbons (Fsp3) is 0.250. The van der Waals surface area contributed by atoms with Gasteiger partial charge in [-0.15, -0.1) is 0 Å². The van der Waals surface area contributed by atoms with Crippen LogP contribution in [0, 0.1) is 0 Å². The number of hydrogen-bond acceptors (Lipinski definition) is 2. The molecule has 0 saturated carbocycles. The molecule has 0 atom stereocenters. The Kier molecular flexibility index (Phi) is 4.86. The molecular formula is C16H18BrNO. The predicted octanol–water partition coefficient (Wildman–Crippen LogP) is 4.48. The summed E-state index contributed by atoms with van der Waals surface area (Å²) in [7, 11) is 1.71. The van der Waals surface area contributed by atoms with Gasteiger partial charge >= 0.3 is 0 Å². The van der Waals surface area contributed by atoms with E-state index in [4.69, 9.17) is 4.74 Å². The SMILES string of the molecule is CCN(Cc1cc(Br)ccc1OC)c1ccccc1. The van der Waals surface area contributed by atoms with Gasteiger partial charge in [0, 0.05) is 28.8 Å². The van der Waals surface area contributed by atoms with Gasteiger partial charge < -0.3 is 9.64 Å². The lowest BCUT2D eigenvalue weighted by Gasteiger charge is -2.24. The molecule has 0 aliphatic carbocycles.